The molecule has 5 nitrogen and oxygen atoms in total. The lowest BCUT2D eigenvalue weighted by atomic mass is 10.1. The Bertz CT molecular complexity index is 676. The van der Waals surface area contributed by atoms with Crippen LogP contribution < -0.4 is 0 Å². The molecule has 1 aromatic carbocycles. The van der Waals surface area contributed by atoms with Crippen LogP contribution in [0.25, 0.3) is 10.9 Å². The summed E-state index contributed by atoms with van der Waals surface area (Å²) in [5, 5.41) is 1.11. The number of carbonyl (C=O) groups is 2. The normalized spacial score (nSPS) is 10.6. The van der Waals surface area contributed by atoms with Crippen molar-refractivity contribution in [3.63, 3.8) is 0 Å². The molecule has 0 saturated carbocycles. The number of nitrogens with zero attached hydrogens (tertiary/aromatic N) is 1. The number of halogens is 1. The molecule has 0 bridgehead atoms. The number of rotatable bonds is 3. The summed E-state index contributed by atoms with van der Waals surface area (Å²) in [6, 6.07) is 5.08. The van der Waals surface area contributed by atoms with Crippen molar-refractivity contribution in [3.8, 4) is 0 Å². The Morgan fingerprint density at radius 3 is 2.65 bits per heavy atom. The lowest BCUT2D eigenvalue weighted by Crippen LogP contribution is -2.24. The van der Waals surface area contributed by atoms with Crippen LogP contribution in [0.15, 0.2) is 18.2 Å². The highest BCUT2D eigenvalue weighted by atomic mass is 35.5. The quantitative estimate of drug-likeness (QED) is 0.885. The molecule has 0 spiro atoms. The summed E-state index contributed by atoms with van der Waals surface area (Å²) in [6.45, 7) is 1.95. The van der Waals surface area contributed by atoms with Gasteiger partial charge in [-0.2, -0.15) is 0 Å². The molecule has 1 N–H and O–H groups in total. The van der Waals surface area contributed by atoms with E-state index in [1.807, 2.05) is 0 Å². The first-order chi connectivity index (χ1) is 9.45. The van der Waals surface area contributed by atoms with Gasteiger partial charge in [0, 0.05) is 30.0 Å². The highest BCUT2D eigenvalue weighted by molar-refractivity contribution is 6.31. The number of hydrogen-bond acceptors (Lipinski definition) is 3. The number of aromatic nitrogens is 1. The first-order valence-corrected chi connectivity index (χ1v) is 6.53. The highest BCUT2D eigenvalue weighted by Crippen LogP contribution is 2.27. The van der Waals surface area contributed by atoms with E-state index in [9.17, 15) is 9.59 Å². The van der Waals surface area contributed by atoms with Crippen LogP contribution in [0.3, 0.4) is 0 Å². The van der Waals surface area contributed by atoms with Crippen LogP contribution in [0.1, 0.15) is 27.8 Å². The number of H-pyrrole nitrogens is 1. The van der Waals surface area contributed by atoms with Crippen LogP contribution in [-0.2, 0) is 4.74 Å². The zero-order chi connectivity index (χ0) is 14.9. The summed E-state index contributed by atoms with van der Waals surface area (Å²) in [6.07, 6.45) is 0. The Labute approximate surface area is 121 Å². The number of benzene rings is 1. The van der Waals surface area contributed by atoms with Crippen LogP contribution in [0, 0.1) is 0 Å². The van der Waals surface area contributed by atoms with Crippen LogP contribution in [0.5, 0.6) is 0 Å². The van der Waals surface area contributed by atoms with E-state index < -0.39 is 5.97 Å². The van der Waals surface area contributed by atoms with Crippen molar-refractivity contribution in [1.29, 1.82) is 0 Å². The van der Waals surface area contributed by atoms with E-state index in [1.165, 1.54) is 4.90 Å². The molecule has 6 heteroatoms. The standard InChI is InChI=1S/C14H15ClN2O3/c1-4-20-14(19)12-11(13(18)17(2)3)9-7-8(15)5-6-10(9)16-12/h5-7,16H,4H2,1-3H3. The van der Waals surface area contributed by atoms with Crippen LogP contribution in [0.4, 0.5) is 0 Å². The van der Waals surface area contributed by atoms with E-state index in [-0.39, 0.29) is 23.8 Å². The predicted octanol–water partition coefficient (Wildman–Crippen LogP) is 2.70. The Balaban J connectivity index is 2.70. The highest BCUT2D eigenvalue weighted by Gasteiger charge is 2.25. The van der Waals surface area contributed by atoms with Crippen molar-refractivity contribution in [2.24, 2.45) is 0 Å². The van der Waals surface area contributed by atoms with Crippen molar-refractivity contribution in [3.05, 3.63) is 34.5 Å². The fourth-order valence-electron chi connectivity index (χ4n) is 1.97. The van der Waals surface area contributed by atoms with Crippen molar-refractivity contribution >= 4 is 34.4 Å². The van der Waals surface area contributed by atoms with Gasteiger partial charge in [-0.15, -0.1) is 0 Å². The minimum Gasteiger partial charge on any atom is -0.461 e. The molecule has 1 aromatic heterocycles. The fraction of sp³-hybridized carbons (Fsp3) is 0.286. The second-order valence-electron chi connectivity index (χ2n) is 4.48. The number of fused-ring (bicyclic) bond motifs is 1. The minimum absolute atomic E-state index is 0.155. The number of nitrogens with one attached hydrogen (secondary N) is 1. The van der Waals surface area contributed by atoms with Gasteiger partial charge in [0.15, 0.2) is 0 Å². The number of ether oxygens (including phenoxy) is 1. The molecule has 2 rings (SSSR count). The van der Waals surface area contributed by atoms with Gasteiger partial charge in [0.2, 0.25) is 0 Å². The Kier molecular flexibility index (Phi) is 3.99. The molecule has 0 unspecified atom stereocenters. The number of amides is 1. The van der Waals surface area contributed by atoms with Gasteiger partial charge in [0.25, 0.3) is 5.91 Å². The monoisotopic (exact) mass is 294 g/mol. The molecule has 0 radical (unpaired) electrons. The maximum Gasteiger partial charge on any atom is 0.355 e. The van der Waals surface area contributed by atoms with Gasteiger partial charge in [0.05, 0.1) is 12.2 Å². The van der Waals surface area contributed by atoms with Crippen LogP contribution >= 0.6 is 11.6 Å². The lowest BCUT2D eigenvalue weighted by molar-refractivity contribution is 0.0515. The number of carbonyl (C=O) groups excluding carboxylic acids is 2. The van der Waals surface area contributed by atoms with Gasteiger partial charge in [-0.3, -0.25) is 4.79 Å². The Hall–Kier alpha value is -2.01. The maximum absolute atomic E-state index is 12.3. The van der Waals surface area contributed by atoms with E-state index >= 15 is 0 Å². The van der Waals surface area contributed by atoms with Crippen molar-refractivity contribution in [1.82, 2.24) is 9.88 Å². The third-order valence-corrected chi connectivity index (χ3v) is 3.10. The summed E-state index contributed by atoms with van der Waals surface area (Å²) in [4.78, 5) is 28.6. The Morgan fingerprint density at radius 1 is 1.35 bits per heavy atom. The minimum atomic E-state index is -0.551. The molecular formula is C14H15ClN2O3. The van der Waals surface area contributed by atoms with Gasteiger partial charge in [-0.25, -0.2) is 4.79 Å². The summed E-state index contributed by atoms with van der Waals surface area (Å²) >= 11 is 5.97. The smallest absolute Gasteiger partial charge is 0.355 e. The number of hydrogen-bond donors (Lipinski definition) is 1. The topological polar surface area (TPSA) is 62.4 Å². The van der Waals surface area contributed by atoms with Crippen molar-refractivity contribution in [2.75, 3.05) is 20.7 Å². The largest absolute Gasteiger partial charge is 0.461 e. The van der Waals surface area contributed by atoms with Crippen LogP contribution in [0.2, 0.25) is 5.02 Å². The second-order valence-corrected chi connectivity index (χ2v) is 4.92. The van der Waals surface area contributed by atoms with E-state index in [1.54, 1.807) is 39.2 Å². The predicted molar refractivity (Wildman–Crippen MR) is 77.3 cm³/mol. The van der Waals surface area contributed by atoms with Crippen molar-refractivity contribution < 1.29 is 14.3 Å². The first-order valence-electron chi connectivity index (χ1n) is 6.15. The maximum atomic E-state index is 12.3. The zero-order valence-electron chi connectivity index (χ0n) is 11.5. The zero-order valence-corrected chi connectivity index (χ0v) is 12.2. The third-order valence-electron chi connectivity index (χ3n) is 2.86. The van der Waals surface area contributed by atoms with Gasteiger partial charge in [-0.1, -0.05) is 11.6 Å². The van der Waals surface area contributed by atoms with Crippen LogP contribution in [-0.4, -0.2) is 42.5 Å². The summed E-state index contributed by atoms with van der Waals surface area (Å²) in [7, 11) is 3.25. The molecule has 0 fully saturated rings. The average molecular weight is 295 g/mol. The van der Waals surface area contributed by atoms with Gasteiger partial charge < -0.3 is 14.6 Å². The molecule has 0 aliphatic rings. The molecule has 20 heavy (non-hydrogen) atoms. The Morgan fingerprint density at radius 2 is 2.05 bits per heavy atom. The van der Waals surface area contributed by atoms with Gasteiger partial charge in [0.1, 0.15) is 5.69 Å². The summed E-state index contributed by atoms with van der Waals surface area (Å²) in [5.41, 5.74) is 1.11. The number of esters is 1. The molecule has 0 aliphatic heterocycles. The molecule has 106 valence electrons. The molecule has 0 atom stereocenters. The third kappa shape index (κ3) is 2.49. The van der Waals surface area contributed by atoms with Gasteiger partial charge >= 0.3 is 5.97 Å². The molecule has 0 saturated heterocycles. The fourth-order valence-corrected chi connectivity index (χ4v) is 2.14. The van der Waals surface area contributed by atoms with E-state index in [2.05, 4.69) is 4.98 Å². The van der Waals surface area contributed by atoms with E-state index in [4.69, 9.17) is 16.3 Å². The molecule has 1 heterocycles. The first kappa shape index (κ1) is 14.4. The summed E-state index contributed by atoms with van der Waals surface area (Å²) in [5.74, 6) is -0.827. The lowest BCUT2D eigenvalue weighted by Gasteiger charge is -2.11. The molecular weight excluding hydrogens is 280 g/mol. The SMILES string of the molecule is CCOC(=O)c1[nH]c2ccc(Cl)cc2c1C(=O)N(C)C. The molecule has 1 amide bonds. The summed E-state index contributed by atoms with van der Waals surface area (Å²) < 4.78 is 4.98. The van der Waals surface area contributed by atoms with E-state index in [0.29, 0.717) is 15.9 Å². The molecule has 0 aliphatic carbocycles. The average Bonchev–Trinajstić information content (AvgIpc) is 2.76. The van der Waals surface area contributed by atoms with Crippen molar-refractivity contribution in [2.45, 2.75) is 6.92 Å². The molecule has 2 aromatic rings. The second kappa shape index (κ2) is 5.54. The van der Waals surface area contributed by atoms with E-state index in [0.717, 1.165) is 0 Å². The number of aromatic amines is 1. The van der Waals surface area contributed by atoms with Gasteiger partial charge in [-0.05, 0) is 25.1 Å².